The molecule has 1 rings (SSSR count). The quantitative estimate of drug-likeness (QED) is 0.788. The van der Waals surface area contributed by atoms with Gasteiger partial charge in [0, 0.05) is 19.6 Å². The molecule has 1 aromatic rings. The summed E-state index contributed by atoms with van der Waals surface area (Å²) in [6.45, 7) is 10.2. The average molecular weight is 343 g/mol. The van der Waals surface area contributed by atoms with Gasteiger partial charge in [0.2, 0.25) is 10.0 Å². The molecule has 1 unspecified atom stereocenters. The normalized spacial score (nSPS) is 13.8. The van der Waals surface area contributed by atoms with Crippen molar-refractivity contribution in [1.29, 1.82) is 0 Å². The highest BCUT2D eigenvalue weighted by Crippen LogP contribution is 2.24. The molecule has 132 valence electrons. The lowest BCUT2D eigenvalue weighted by Crippen LogP contribution is -2.34. The predicted molar refractivity (Wildman–Crippen MR) is 94.2 cm³/mol. The molecule has 5 nitrogen and oxygen atoms in total. The van der Waals surface area contributed by atoms with E-state index < -0.39 is 10.0 Å². The summed E-state index contributed by atoms with van der Waals surface area (Å²) in [7, 11) is -1.91. The van der Waals surface area contributed by atoms with Crippen LogP contribution in [0.15, 0.2) is 23.1 Å². The van der Waals surface area contributed by atoms with Gasteiger partial charge in [-0.2, -0.15) is 0 Å². The molecule has 2 N–H and O–H groups in total. The molecule has 0 bridgehead atoms. The highest BCUT2D eigenvalue weighted by atomic mass is 32.2. The Kier molecular flexibility index (Phi) is 7.04. The molecule has 0 radical (unpaired) electrons. The molecule has 6 heteroatoms. The summed E-state index contributed by atoms with van der Waals surface area (Å²) in [5, 5.41) is 0. The Morgan fingerprint density at radius 3 is 2.30 bits per heavy atom. The minimum atomic E-state index is -3.51. The van der Waals surface area contributed by atoms with Crippen LogP contribution in [0.1, 0.15) is 39.7 Å². The third-order valence-electron chi connectivity index (χ3n) is 3.85. The number of benzene rings is 1. The fourth-order valence-corrected chi connectivity index (χ4v) is 3.40. The molecule has 0 aliphatic rings. The lowest BCUT2D eigenvalue weighted by atomic mass is 10.0. The first-order valence-corrected chi connectivity index (χ1v) is 9.49. The van der Waals surface area contributed by atoms with E-state index in [9.17, 15) is 8.42 Å². The van der Waals surface area contributed by atoms with E-state index in [4.69, 9.17) is 10.5 Å². The zero-order chi connectivity index (χ0) is 17.8. The molecule has 0 spiro atoms. The SMILES string of the molecule is Cc1cc(S(=O)(=O)N(C)CCC(N)C(C)C)ccc1OC(C)C. The van der Waals surface area contributed by atoms with E-state index in [0.717, 1.165) is 5.56 Å². The number of nitrogens with two attached hydrogens (primary N) is 1. The van der Waals surface area contributed by atoms with Crippen molar-refractivity contribution < 1.29 is 13.2 Å². The number of aryl methyl sites for hydroxylation is 1. The molecule has 0 fully saturated rings. The molecule has 23 heavy (non-hydrogen) atoms. The van der Waals surface area contributed by atoms with Gasteiger partial charge in [0.1, 0.15) is 5.75 Å². The second kappa shape index (κ2) is 8.13. The van der Waals surface area contributed by atoms with Crippen LogP contribution in [0.5, 0.6) is 5.75 Å². The standard InChI is InChI=1S/C17H30N2O3S/c1-12(2)16(18)9-10-19(6)23(20,21)15-7-8-17(14(5)11-15)22-13(3)4/h7-8,11-13,16H,9-10,18H2,1-6H3. The fourth-order valence-electron chi connectivity index (χ4n) is 2.13. The summed E-state index contributed by atoms with van der Waals surface area (Å²) in [6.07, 6.45) is 0.692. The van der Waals surface area contributed by atoms with Gasteiger partial charge in [-0.05, 0) is 56.9 Å². The summed E-state index contributed by atoms with van der Waals surface area (Å²) >= 11 is 0. The first kappa shape index (κ1) is 19.9. The van der Waals surface area contributed by atoms with Crippen molar-refractivity contribution in [2.75, 3.05) is 13.6 Å². The lowest BCUT2D eigenvalue weighted by molar-refractivity contribution is 0.240. The molecule has 0 saturated heterocycles. The van der Waals surface area contributed by atoms with Gasteiger partial charge in [-0.3, -0.25) is 0 Å². The van der Waals surface area contributed by atoms with Crippen molar-refractivity contribution >= 4 is 10.0 Å². The zero-order valence-corrected chi connectivity index (χ0v) is 15.9. The van der Waals surface area contributed by atoms with E-state index in [1.54, 1.807) is 25.2 Å². The fraction of sp³-hybridized carbons (Fsp3) is 0.647. The first-order valence-electron chi connectivity index (χ1n) is 8.05. The largest absolute Gasteiger partial charge is 0.491 e. The minimum Gasteiger partial charge on any atom is -0.491 e. The van der Waals surface area contributed by atoms with Crippen LogP contribution in [0, 0.1) is 12.8 Å². The molecule has 0 aliphatic heterocycles. The minimum absolute atomic E-state index is 0.00351. The molecule has 1 atom stereocenters. The van der Waals surface area contributed by atoms with Gasteiger partial charge in [-0.1, -0.05) is 13.8 Å². The third-order valence-corrected chi connectivity index (χ3v) is 5.70. The van der Waals surface area contributed by atoms with Gasteiger partial charge >= 0.3 is 0 Å². The maximum absolute atomic E-state index is 12.6. The number of rotatable bonds is 8. The highest BCUT2D eigenvalue weighted by Gasteiger charge is 2.22. The van der Waals surface area contributed by atoms with Crippen molar-refractivity contribution in [2.24, 2.45) is 11.7 Å². The Bertz CT molecular complexity index is 612. The van der Waals surface area contributed by atoms with Gasteiger partial charge < -0.3 is 10.5 Å². The highest BCUT2D eigenvalue weighted by molar-refractivity contribution is 7.89. The number of nitrogens with zero attached hydrogens (tertiary/aromatic N) is 1. The molecule has 0 amide bonds. The topological polar surface area (TPSA) is 72.6 Å². The van der Waals surface area contributed by atoms with Gasteiger partial charge in [-0.15, -0.1) is 0 Å². The Labute approximate surface area is 140 Å². The lowest BCUT2D eigenvalue weighted by Gasteiger charge is -2.22. The van der Waals surface area contributed by atoms with Crippen molar-refractivity contribution in [3.8, 4) is 5.75 Å². The Hall–Kier alpha value is -1.11. The third kappa shape index (κ3) is 5.48. The van der Waals surface area contributed by atoms with Crippen LogP contribution < -0.4 is 10.5 Å². The van der Waals surface area contributed by atoms with Crippen LogP contribution in [0.2, 0.25) is 0 Å². The summed E-state index contributed by atoms with van der Waals surface area (Å²) in [5.74, 6) is 1.05. The van der Waals surface area contributed by atoms with Crippen LogP contribution >= 0.6 is 0 Å². The number of ether oxygens (including phenoxy) is 1. The summed E-state index contributed by atoms with van der Waals surface area (Å²) in [6, 6.07) is 4.97. The van der Waals surface area contributed by atoms with Crippen LogP contribution in [-0.4, -0.2) is 38.5 Å². The van der Waals surface area contributed by atoms with Gasteiger partial charge in [0.05, 0.1) is 11.0 Å². The van der Waals surface area contributed by atoms with Crippen LogP contribution in [0.4, 0.5) is 0 Å². The average Bonchev–Trinajstić information content (AvgIpc) is 2.45. The second-order valence-electron chi connectivity index (χ2n) is 6.62. The summed E-state index contributed by atoms with van der Waals surface area (Å²) in [4.78, 5) is 0.284. The first-order chi connectivity index (χ1) is 10.6. The summed E-state index contributed by atoms with van der Waals surface area (Å²) < 4.78 is 32.3. The molecule has 0 aliphatic carbocycles. The number of hydrogen-bond donors (Lipinski definition) is 1. The van der Waals surface area contributed by atoms with Gasteiger partial charge in [-0.25, -0.2) is 12.7 Å². The van der Waals surface area contributed by atoms with Crippen molar-refractivity contribution in [3.05, 3.63) is 23.8 Å². The van der Waals surface area contributed by atoms with E-state index in [1.807, 2.05) is 34.6 Å². The zero-order valence-electron chi connectivity index (χ0n) is 15.0. The van der Waals surface area contributed by atoms with Crippen molar-refractivity contribution in [3.63, 3.8) is 0 Å². The maximum atomic E-state index is 12.6. The van der Waals surface area contributed by atoms with Crippen LogP contribution in [0.3, 0.4) is 0 Å². The van der Waals surface area contributed by atoms with Crippen LogP contribution in [0.25, 0.3) is 0 Å². The summed E-state index contributed by atoms with van der Waals surface area (Å²) in [5.41, 5.74) is 6.81. The van der Waals surface area contributed by atoms with Crippen molar-refractivity contribution in [2.45, 2.75) is 58.1 Å². The number of sulfonamides is 1. The monoisotopic (exact) mass is 342 g/mol. The van der Waals surface area contributed by atoms with E-state index >= 15 is 0 Å². The van der Waals surface area contributed by atoms with Gasteiger partial charge in [0.25, 0.3) is 0 Å². The molecular weight excluding hydrogens is 312 g/mol. The molecule has 0 aromatic heterocycles. The predicted octanol–water partition coefficient (Wildman–Crippen LogP) is 2.78. The molecule has 0 heterocycles. The Morgan fingerprint density at radius 2 is 1.83 bits per heavy atom. The van der Waals surface area contributed by atoms with E-state index in [1.165, 1.54) is 4.31 Å². The van der Waals surface area contributed by atoms with Crippen LogP contribution in [-0.2, 0) is 10.0 Å². The maximum Gasteiger partial charge on any atom is 0.242 e. The molecular formula is C17H30N2O3S. The van der Waals surface area contributed by atoms with Gasteiger partial charge in [0.15, 0.2) is 0 Å². The molecule has 0 saturated carbocycles. The van der Waals surface area contributed by atoms with E-state index in [2.05, 4.69) is 0 Å². The number of hydrogen-bond acceptors (Lipinski definition) is 4. The molecule has 1 aromatic carbocycles. The van der Waals surface area contributed by atoms with E-state index in [0.29, 0.717) is 24.6 Å². The second-order valence-corrected chi connectivity index (χ2v) is 8.66. The Balaban J connectivity index is 2.89. The Morgan fingerprint density at radius 1 is 1.22 bits per heavy atom. The smallest absolute Gasteiger partial charge is 0.242 e. The van der Waals surface area contributed by atoms with E-state index in [-0.39, 0.29) is 17.0 Å². The van der Waals surface area contributed by atoms with Crippen molar-refractivity contribution in [1.82, 2.24) is 4.31 Å².